The van der Waals surface area contributed by atoms with E-state index in [4.69, 9.17) is 0 Å². The van der Waals surface area contributed by atoms with E-state index in [0.717, 1.165) is 35.2 Å². The fourth-order valence-corrected chi connectivity index (χ4v) is 3.43. The SMILES string of the molecule is Cc1cc(Br)ccc1NC(=O)c1ccnc(N2CCCC(C)C2)n1. The number of aromatic nitrogens is 2. The molecule has 2 heterocycles. The van der Waals surface area contributed by atoms with Crippen LogP contribution in [0.3, 0.4) is 0 Å². The second-order valence-corrected chi connectivity index (χ2v) is 7.26. The lowest BCUT2D eigenvalue weighted by Crippen LogP contribution is -2.35. The van der Waals surface area contributed by atoms with Gasteiger partial charge in [-0.1, -0.05) is 22.9 Å². The van der Waals surface area contributed by atoms with Crippen LogP contribution in [0.4, 0.5) is 11.6 Å². The number of carbonyl (C=O) groups excluding carboxylic acids is 1. The topological polar surface area (TPSA) is 58.1 Å². The molecule has 1 aliphatic heterocycles. The molecular weight excluding hydrogens is 368 g/mol. The third kappa shape index (κ3) is 3.93. The van der Waals surface area contributed by atoms with Crippen molar-refractivity contribution in [1.82, 2.24) is 9.97 Å². The van der Waals surface area contributed by atoms with Crippen molar-refractivity contribution in [3.8, 4) is 0 Å². The van der Waals surface area contributed by atoms with Crippen LogP contribution in [0, 0.1) is 12.8 Å². The Labute approximate surface area is 150 Å². The summed E-state index contributed by atoms with van der Waals surface area (Å²) in [6.45, 7) is 6.08. The Morgan fingerprint density at radius 3 is 2.96 bits per heavy atom. The van der Waals surface area contributed by atoms with Crippen LogP contribution < -0.4 is 10.2 Å². The molecule has 1 fully saturated rings. The first-order valence-corrected chi connectivity index (χ1v) is 8.98. The Morgan fingerprint density at radius 2 is 2.21 bits per heavy atom. The molecule has 1 aromatic heterocycles. The summed E-state index contributed by atoms with van der Waals surface area (Å²) < 4.78 is 0.988. The minimum absolute atomic E-state index is 0.214. The predicted octanol–water partition coefficient (Wildman–Crippen LogP) is 4.04. The maximum atomic E-state index is 12.5. The maximum Gasteiger partial charge on any atom is 0.274 e. The van der Waals surface area contributed by atoms with Crippen molar-refractivity contribution >= 4 is 33.5 Å². The van der Waals surface area contributed by atoms with Crippen LogP contribution in [0.15, 0.2) is 34.9 Å². The normalized spacial score (nSPS) is 17.6. The summed E-state index contributed by atoms with van der Waals surface area (Å²) >= 11 is 3.43. The van der Waals surface area contributed by atoms with Crippen molar-refractivity contribution in [3.05, 3.63) is 46.2 Å². The summed E-state index contributed by atoms with van der Waals surface area (Å²) in [5.41, 5.74) is 2.17. The number of carbonyl (C=O) groups is 1. The van der Waals surface area contributed by atoms with Crippen molar-refractivity contribution in [2.45, 2.75) is 26.7 Å². The first kappa shape index (κ1) is 16.9. The van der Waals surface area contributed by atoms with Gasteiger partial charge in [0.05, 0.1) is 0 Å². The molecule has 2 aromatic rings. The minimum Gasteiger partial charge on any atom is -0.341 e. The second kappa shape index (κ2) is 7.30. The number of aryl methyl sites for hydroxylation is 1. The van der Waals surface area contributed by atoms with Crippen LogP contribution in [0.2, 0.25) is 0 Å². The largest absolute Gasteiger partial charge is 0.341 e. The summed E-state index contributed by atoms with van der Waals surface area (Å²) in [4.78, 5) is 23.5. The molecule has 0 saturated carbocycles. The van der Waals surface area contributed by atoms with E-state index in [2.05, 4.69) is 43.0 Å². The number of piperidine rings is 1. The standard InChI is InChI=1S/C18H21BrN4O/c1-12-4-3-9-23(11-12)18-20-8-7-16(22-18)17(24)21-15-6-5-14(19)10-13(15)2/h5-8,10,12H,3-4,9,11H2,1-2H3,(H,21,24). The van der Waals surface area contributed by atoms with Gasteiger partial charge in [0.2, 0.25) is 5.95 Å². The molecule has 3 rings (SSSR count). The Hall–Kier alpha value is -1.95. The summed E-state index contributed by atoms with van der Waals surface area (Å²) in [5, 5.41) is 2.92. The lowest BCUT2D eigenvalue weighted by molar-refractivity contribution is 0.102. The van der Waals surface area contributed by atoms with Crippen LogP contribution in [0.5, 0.6) is 0 Å². The number of nitrogens with one attached hydrogen (secondary N) is 1. The van der Waals surface area contributed by atoms with Gasteiger partial charge >= 0.3 is 0 Å². The zero-order valence-corrected chi connectivity index (χ0v) is 15.5. The van der Waals surface area contributed by atoms with E-state index in [1.807, 2.05) is 25.1 Å². The van der Waals surface area contributed by atoms with Crippen LogP contribution in [-0.2, 0) is 0 Å². The fraction of sp³-hybridized carbons (Fsp3) is 0.389. The molecule has 1 saturated heterocycles. The number of hydrogen-bond donors (Lipinski definition) is 1. The van der Waals surface area contributed by atoms with Gasteiger partial charge in [-0.15, -0.1) is 0 Å². The number of nitrogens with zero attached hydrogens (tertiary/aromatic N) is 3. The average Bonchev–Trinajstić information content (AvgIpc) is 2.57. The zero-order chi connectivity index (χ0) is 17.1. The van der Waals surface area contributed by atoms with Crippen molar-refractivity contribution in [2.75, 3.05) is 23.3 Å². The average molecular weight is 389 g/mol. The first-order chi connectivity index (χ1) is 11.5. The maximum absolute atomic E-state index is 12.5. The predicted molar refractivity (Wildman–Crippen MR) is 99.5 cm³/mol. The van der Waals surface area contributed by atoms with Gasteiger partial charge < -0.3 is 10.2 Å². The van der Waals surface area contributed by atoms with E-state index in [0.29, 0.717) is 17.6 Å². The molecule has 0 bridgehead atoms. The van der Waals surface area contributed by atoms with Crippen LogP contribution in [-0.4, -0.2) is 29.0 Å². The lowest BCUT2D eigenvalue weighted by atomic mass is 10.0. The second-order valence-electron chi connectivity index (χ2n) is 6.35. The smallest absolute Gasteiger partial charge is 0.274 e. The fourth-order valence-electron chi connectivity index (χ4n) is 2.95. The molecule has 1 amide bonds. The number of hydrogen-bond acceptors (Lipinski definition) is 4. The highest BCUT2D eigenvalue weighted by Crippen LogP contribution is 2.22. The number of anilines is 2. The van der Waals surface area contributed by atoms with Crippen molar-refractivity contribution in [3.63, 3.8) is 0 Å². The van der Waals surface area contributed by atoms with Crippen LogP contribution >= 0.6 is 15.9 Å². The van der Waals surface area contributed by atoms with Crippen molar-refractivity contribution in [1.29, 1.82) is 0 Å². The molecule has 1 unspecified atom stereocenters. The molecule has 5 nitrogen and oxygen atoms in total. The molecule has 0 aliphatic carbocycles. The molecule has 1 N–H and O–H groups in total. The third-order valence-corrected chi connectivity index (χ3v) is 4.75. The summed E-state index contributed by atoms with van der Waals surface area (Å²) in [5.74, 6) is 1.06. The quantitative estimate of drug-likeness (QED) is 0.861. The summed E-state index contributed by atoms with van der Waals surface area (Å²) in [6, 6.07) is 7.41. The number of amides is 1. The molecule has 1 atom stereocenters. The van der Waals surface area contributed by atoms with E-state index in [1.54, 1.807) is 12.3 Å². The van der Waals surface area contributed by atoms with E-state index in [9.17, 15) is 4.79 Å². The van der Waals surface area contributed by atoms with Gasteiger partial charge in [0.15, 0.2) is 0 Å². The van der Waals surface area contributed by atoms with Crippen LogP contribution in [0.1, 0.15) is 35.8 Å². The highest BCUT2D eigenvalue weighted by Gasteiger charge is 2.20. The zero-order valence-electron chi connectivity index (χ0n) is 13.9. The van der Waals surface area contributed by atoms with Gasteiger partial charge in [-0.3, -0.25) is 4.79 Å². The van der Waals surface area contributed by atoms with Gasteiger partial charge in [-0.05, 0) is 55.5 Å². The Bertz CT molecular complexity index is 750. The Kier molecular flexibility index (Phi) is 5.14. The first-order valence-electron chi connectivity index (χ1n) is 8.18. The molecular formula is C18H21BrN4O. The van der Waals surface area contributed by atoms with Crippen LogP contribution in [0.25, 0.3) is 0 Å². The monoisotopic (exact) mass is 388 g/mol. The Morgan fingerprint density at radius 1 is 1.38 bits per heavy atom. The summed E-state index contributed by atoms with van der Waals surface area (Å²) in [7, 11) is 0. The molecule has 24 heavy (non-hydrogen) atoms. The molecule has 0 radical (unpaired) electrons. The van der Waals surface area contributed by atoms with E-state index in [1.165, 1.54) is 6.42 Å². The molecule has 1 aromatic carbocycles. The number of rotatable bonds is 3. The molecule has 1 aliphatic rings. The highest BCUT2D eigenvalue weighted by atomic mass is 79.9. The summed E-state index contributed by atoms with van der Waals surface area (Å²) in [6.07, 6.45) is 4.03. The van der Waals surface area contributed by atoms with E-state index in [-0.39, 0.29) is 5.91 Å². The molecule has 0 spiro atoms. The Balaban J connectivity index is 1.76. The third-order valence-electron chi connectivity index (χ3n) is 4.25. The van der Waals surface area contributed by atoms with Gasteiger partial charge in [0.25, 0.3) is 5.91 Å². The van der Waals surface area contributed by atoms with E-state index >= 15 is 0 Å². The van der Waals surface area contributed by atoms with E-state index < -0.39 is 0 Å². The molecule has 126 valence electrons. The van der Waals surface area contributed by atoms with Gasteiger partial charge in [-0.25, -0.2) is 9.97 Å². The van der Waals surface area contributed by atoms with Gasteiger partial charge in [0.1, 0.15) is 5.69 Å². The lowest BCUT2D eigenvalue weighted by Gasteiger charge is -2.30. The van der Waals surface area contributed by atoms with Gasteiger partial charge in [-0.2, -0.15) is 0 Å². The highest BCUT2D eigenvalue weighted by molar-refractivity contribution is 9.10. The van der Waals surface area contributed by atoms with Crippen molar-refractivity contribution < 1.29 is 4.79 Å². The minimum atomic E-state index is -0.214. The van der Waals surface area contributed by atoms with Crippen molar-refractivity contribution in [2.24, 2.45) is 5.92 Å². The number of benzene rings is 1. The molecule has 6 heteroatoms. The van der Waals surface area contributed by atoms with Gasteiger partial charge in [0, 0.05) is 29.4 Å². The number of halogens is 1.